The number of ether oxygens (including phenoxy) is 3. The Bertz CT molecular complexity index is 1570. The third-order valence-corrected chi connectivity index (χ3v) is 7.59. The topological polar surface area (TPSA) is 137 Å². The van der Waals surface area contributed by atoms with Gasteiger partial charge in [-0.05, 0) is 48.2 Å². The molecule has 4 rings (SSSR count). The molecule has 0 aliphatic carbocycles. The lowest BCUT2D eigenvalue weighted by atomic mass is 9.85. The Balaban J connectivity index is 1.40. The van der Waals surface area contributed by atoms with Crippen LogP contribution in [-0.2, 0) is 20.7 Å². The number of hydrogen-bond donors (Lipinski definition) is 4. The van der Waals surface area contributed by atoms with Crippen molar-refractivity contribution in [3.8, 4) is 5.75 Å². The number of carbonyl (C=O) groups is 2. The molecule has 2 amide bonds. The van der Waals surface area contributed by atoms with E-state index in [9.17, 15) is 40.3 Å². The minimum absolute atomic E-state index is 0.0179. The van der Waals surface area contributed by atoms with Gasteiger partial charge in [-0.25, -0.2) is 9.18 Å². The number of nitrogens with two attached hydrogens (primary N) is 1. The van der Waals surface area contributed by atoms with E-state index >= 15 is 0 Å². The smallest absolute Gasteiger partial charge is 0.448 e. The van der Waals surface area contributed by atoms with Gasteiger partial charge in [0.1, 0.15) is 24.7 Å². The first-order valence-electron chi connectivity index (χ1n) is 14.7. The zero-order valence-electron chi connectivity index (χ0n) is 25.4. The number of morpholine rings is 1. The molecular formula is C31H31ClF7N5O5. The number of alkyl carbamates (subject to hydrolysis) is 1. The molecule has 18 heteroatoms. The minimum atomic E-state index is -4.95. The van der Waals surface area contributed by atoms with Crippen LogP contribution in [0.5, 0.6) is 5.75 Å². The van der Waals surface area contributed by atoms with Crippen molar-refractivity contribution in [2.45, 2.75) is 49.5 Å². The lowest BCUT2D eigenvalue weighted by molar-refractivity contribution is -0.274. The number of carbonyl (C=O) groups excluding carboxylic acids is 2. The van der Waals surface area contributed by atoms with Crippen LogP contribution >= 0.6 is 11.6 Å². The number of hydrogen-bond acceptors (Lipinski definition) is 8. The highest BCUT2D eigenvalue weighted by atomic mass is 35.5. The fourth-order valence-corrected chi connectivity index (χ4v) is 5.16. The molecule has 0 bridgehead atoms. The van der Waals surface area contributed by atoms with Crippen LogP contribution in [0.2, 0.25) is 5.02 Å². The first kappa shape index (κ1) is 37.6. The fourth-order valence-electron chi connectivity index (χ4n) is 5.04. The normalized spacial score (nSPS) is 17.9. The van der Waals surface area contributed by atoms with E-state index in [0.29, 0.717) is 10.6 Å². The van der Waals surface area contributed by atoms with Gasteiger partial charge in [0, 0.05) is 23.0 Å². The molecule has 0 saturated carbocycles. The average molecular weight is 722 g/mol. The Morgan fingerprint density at radius 2 is 1.82 bits per heavy atom. The third-order valence-electron chi connectivity index (χ3n) is 7.34. The Morgan fingerprint density at radius 1 is 1.08 bits per heavy atom. The third kappa shape index (κ3) is 11.7. The molecule has 0 spiro atoms. The van der Waals surface area contributed by atoms with Gasteiger partial charge in [0.25, 0.3) is 0 Å². The summed E-state index contributed by atoms with van der Waals surface area (Å²) in [6.07, 6.45) is -8.66. The minimum Gasteiger partial charge on any atom is -0.448 e. The number of anilines is 1. The molecule has 1 aliphatic rings. The summed E-state index contributed by atoms with van der Waals surface area (Å²) in [5.74, 6) is -3.00. The van der Waals surface area contributed by atoms with Gasteiger partial charge in [-0.1, -0.05) is 35.9 Å². The molecule has 1 fully saturated rings. The number of pyridine rings is 1. The highest BCUT2D eigenvalue weighted by Gasteiger charge is 2.33. The molecule has 1 aliphatic heterocycles. The van der Waals surface area contributed by atoms with Crippen molar-refractivity contribution in [1.29, 1.82) is 0 Å². The van der Waals surface area contributed by atoms with Crippen LogP contribution in [0.15, 0.2) is 60.9 Å². The van der Waals surface area contributed by atoms with Crippen LogP contribution in [0.25, 0.3) is 0 Å². The van der Waals surface area contributed by atoms with E-state index in [0.717, 1.165) is 18.3 Å². The van der Waals surface area contributed by atoms with E-state index in [2.05, 4.69) is 20.4 Å². The molecule has 5 N–H and O–H groups in total. The first-order chi connectivity index (χ1) is 23.1. The largest absolute Gasteiger partial charge is 0.573 e. The van der Waals surface area contributed by atoms with E-state index in [-0.39, 0.29) is 49.4 Å². The molecule has 3 aromatic rings. The Kier molecular flexibility index (Phi) is 12.7. The van der Waals surface area contributed by atoms with Gasteiger partial charge in [0.15, 0.2) is 0 Å². The Hall–Kier alpha value is -4.19. The van der Waals surface area contributed by atoms with Crippen LogP contribution in [0.4, 0.5) is 41.2 Å². The maximum Gasteiger partial charge on any atom is 0.573 e. The molecule has 2 heterocycles. The predicted molar refractivity (Wildman–Crippen MR) is 162 cm³/mol. The molecular weight excluding hydrogens is 691 g/mol. The number of alkyl halides is 6. The molecule has 1 aromatic heterocycles. The molecule has 10 nitrogen and oxygen atoms in total. The zero-order valence-corrected chi connectivity index (χ0v) is 26.2. The second kappa shape index (κ2) is 16.5. The van der Waals surface area contributed by atoms with Crippen LogP contribution in [-0.4, -0.2) is 74.0 Å². The number of benzene rings is 2. The van der Waals surface area contributed by atoms with E-state index in [4.69, 9.17) is 26.8 Å². The molecule has 266 valence electrons. The summed E-state index contributed by atoms with van der Waals surface area (Å²) < 4.78 is 105. The van der Waals surface area contributed by atoms with Crippen molar-refractivity contribution in [1.82, 2.24) is 15.6 Å². The molecule has 2 aromatic carbocycles. The van der Waals surface area contributed by atoms with E-state index in [1.165, 1.54) is 30.5 Å². The maximum absolute atomic E-state index is 15.0. The monoisotopic (exact) mass is 721 g/mol. The van der Waals surface area contributed by atoms with Crippen molar-refractivity contribution in [3.05, 3.63) is 88.5 Å². The van der Waals surface area contributed by atoms with Gasteiger partial charge in [-0.3, -0.25) is 9.78 Å². The highest BCUT2D eigenvalue weighted by Crippen LogP contribution is 2.33. The molecule has 0 radical (unpaired) electrons. The quantitative estimate of drug-likeness (QED) is 0.182. The van der Waals surface area contributed by atoms with Crippen LogP contribution < -0.4 is 26.4 Å². The van der Waals surface area contributed by atoms with E-state index in [1.807, 2.05) is 0 Å². The van der Waals surface area contributed by atoms with E-state index < -0.39 is 66.8 Å². The lowest BCUT2D eigenvalue weighted by Gasteiger charge is -2.30. The molecule has 49 heavy (non-hydrogen) atoms. The number of rotatable bonds is 12. The van der Waals surface area contributed by atoms with Gasteiger partial charge in [0.05, 0.1) is 42.9 Å². The number of halogens is 8. The number of amides is 2. The molecule has 1 saturated heterocycles. The SMILES string of the molecule is N[C@H](C(=O)Nc1cncc(F)c1CC[C@@H]1CN[C@H](COC(=O)NCC(F)(F)F)CO1)[C@@H](c1ccc(Cl)cc1)c1cccc(OC(F)(F)F)c1. The van der Waals surface area contributed by atoms with Crippen molar-refractivity contribution >= 4 is 29.3 Å². The van der Waals surface area contributed by atoms with Crippen molar-refractivity contribution in [3.63, 3.8) is 0 Å². The molecule has 4 atom stereocenters. The van der Waals surface area contributed by atoms with Gasteiger partial charge in [-0.2, -0.15) is 13.2 Å². The fraction of sp³-hybridized carbons (Fsp3) is 0.387. The predicted octanol–water partition coefficient (Wildman–Crippen LogP) is 5.45. The van der Waals surface area contributed by atoms with Crippen molar-refractivity contribution in [2.24, 2.45) is 5.73 Å². The number of aromatic nitrogens is 1. The van der Waals surface area contributed by atoms with Crippen LogP contribution in [0.3, 0.4) is 0 Å². The Morgan fingerprint density at radius 3 is 2.47 bits per heavy atom. The first-order valence-corrected chi connectivity index (χ1v) is 15.1. The lowest BCUT2D eigenvalue weighted by Crippen LogP contribution is -2.49. The van der Waals surface area contributed by atoms with Gasteiger partial charge >= 0.3 is 18.6 Å². The zero-order chi connectivity index (χ0) is 35.8. The second-order valence-corrected chi connectivity index (χ2v) is 11.4. The standard InChI is InChI=1S/C31H31ClF7N5O5/c32-19-6-4-17(5-7-19)26(18-2-1-3-21(10-18)49-31(37,38)39)27(40)28(45)44-25-13-41-12-24(33)23(25)9-8-22-11-42-20(14-47-22)15-48-29(46)43-16-30(34,35)36/h1-7,10,12-13,20,22,26-27,42H,8-9,11,14-16,40H2,(H,43,46)(H,44,45)/t20-,22+,26-,27-/m0/s1. The Labute approximate surface area is 280 Å². The summed E-state index contributed by atoms with van der Waals surface area (Å²) >= 11 is 6.02. The summed E-state index contributed by atoms with van der Waals surface area (Å²) in [7, 11) is 0. The summed E-state index contributed by atoms with van der Waals surface area (Å²) in [4.78, 5) is 28.8. The summed E-state index contributed by atoms with van der Waals surface area (Å²) in [5, 5.41) is 7.61. The number of nitrogens with zero attached hydrogens (tertiary/aromatic N) is 1. The van der Waals surface area contributed by atoms with Gasteiger partial charge in [0.2, 0.25) is 5.91 Å². The van der Waals surface area contributed by atoms with Crippen molar-refractivity contribution < 1.29 is 54.5 Å². The molecule has 0 unspecified atom stereocenters. The van der Waals surface area contributed by atoms with E-state index in [1.54, 1.807) is 17.4 Å². The summed E-state index contributed by atoms with van der Waals surface area (Å²) in [6, 6.07) is 9.37. The second-order valence-electron chi connectivity index (χ2n) is 11.0. The number of nitrogens with one attached hydrogen (secondary N) is 3. The summed E-state index contributed by atoms with van der Waals surface area (Å²) in [6.45, 7) is -1.48. The maximum atomic E-state index is 15.0. The van der Waals surface area contributed by atoms with Crippen LogP contribution in [0, 0.1) is 5.82 Å². The van der Waals surface area contributed by atoms with Gasteiger partial charge < -0.3 is 35.9 Å². The summed E-state index contributed by atoms with van der Waals surface area (Å²) in [5.41, 5.74) is 7.23. The average Bonchev–Trinajstić information content (AvgIpc) is 3.03. The van der Waals surface area contributed by atoms with Crippen molar-refractivity contribution in [2.75, 3.05) is 31.6 Å². The van der Waals surface area contributed by atoms with Gasteiger partial charge in [-0.15, -0.1) is 13.2 Å². The highest BCUT2D eigenvalue weighted by molar-refractivity contribution is 6.30. The van der Waals surface area contributed by atoms with Crippen LogP contribution in [0.1, 0.15) is 29.0 Å².